The lowest BCUT2D eigenvalue weighted by Crippen LogP contribution is -2.19. The third-order valence-electron chi connectivity index (χ3n) is 3.48. The van der Waals surface area contributed by atoms with E-state index < -0.39 is 0 Å². The molecule has 1 amide bonds. The first-order valence-electron chi connectivity index (χ1n) is 7.59. The van der Waals surface area contributed by atoms with Crippen LogP contribution >= 0.6 is 0 Å². The fourth-order valence-corrected chi connectivity index (χ4v) is 2.35. The number of carbonyl (C=O) groups excluding carboxylic acids is 1. The second-order valence-corrected chi connectivity index (χ2v) is 5.35. The van der Waals surface area contributed by atoms with E-state index in [0.717, 1.165) is 41.5 Å². The molecule has 23 heavy (non-hydrogen) atoms. The van der Waals surface area contributed by atoms with Gasteiger partial charge >= 0.3 is 0 Å². The Kier molecular flexibility index (Phi) is 4.57. The van der Waals surface area contributed by atoms with Crippen molar-refractivity contribution in [1.29, 1.82) is 0 Å². The molecule has 1 heterocycles. The van der Waals surface area contributed by atoms with Crippen molar-refractivity contribution >= 4 is 17.4 Å². The van der Waals surface area contributed by atoms with Crippen LogP contribution in [0.4, 0.5) is 5.69 Å². The molecule has 0 saturated carbocycles. The van der Waals surface area contributed by atoms with E-state index >= 15 is 0 Å². The topological polar surface area (TPSA) is 62.7 Å². The maximum atomic E-state index is 11.0. The average Bonchev–Trinajstić information content (AvgIpc) is 3.09. The van der Waals surface area contributed by atoms with E-state index in [4.69, 9.17) is 4.74 Å². The van der Waals surface area contributed by atoms with Gasteiger partial charge in [0.05, 0.1) is 6.54 Å². The van der Waals surface area contributed by atoms with Gasteiger partial charge in [-0.25, -0.2) is 0 Å². The molecule has 2 N–H and O–H groups in total. The van der Waals surface area contributed by atoms with Crippen molar-refractivity contribution in [3.8, 4) is 5.75 Å². The van der Waals surface area contributed by atoms with Crippen molar-refractivity contribution in [3.63, 3.8) is 0 Å². The predicted octanol–water partition coefficient (Wildman–Crippen LogP) is 2.57. The van der Waals surface area contributed by atoms with Gasteiger partial charge in [-0.15, -0.1) is 0 Å². The van der Waals surface area contributed by atoms with Crippen LogP contribution in [0.25, 0.3) is 0 Å². The Hall–Kier alpha value is -2.82. The maximum absolute atomic E-state index is 11.0. The molecule has 0 bridgehead atoms. The van der Waals surface area contributed by atoms with Crippen LogP contribution in [0.5, 0.6) is 5.75 Å². The number of nitrogens with zero attached hydrogens (tertiary/aromatic N) is 1. The average molecular weight is 309 g/mol. The molecule has 0 fully saturated rings. The van der Waals surface area contributed by atoms with Crippen molar-refractivity contribution in [2.24, 2.45) is 4.99 Å². The van der Waals surface area contributed by atoms with Crippen molar-refractivity contribution in [1.82, 2.24) is 5.32 Å². The van der Waals surface area contributed by atoms with Gasteiger partial charge in [0.2, 0.25) is 5.91 Å². The summed E-state index contributed by atoms with van der Waals surface area (Å²) < 4.78 is 5.76. The van der Waals surface area contributed by atoms with Crippen LogP contribution in [-0.2, 0) is 11.4 Å². The van der Waals surface area contributed by atoms with Crippen LogP contribution in [0.2, 0.25) is 0 Å². The van der Waals surface area contributed by atoms with Crippen LogP contribution in [0, 0.1) is 0 Å². The lowest BCUT2D eigenvalue weighted by Gasteiger charge is -2.08. The highest BCUT2D eigenvalue weighted by Crippen LogP contribution is 2.17. The van der Waals surface area contributed by atoms with Gasteiger partial charge in [0.15, 0.2) is 0 Å². The van der Waals surface area contributed by atoms with Gasteiger partial charge < -0.3 is 15.4 Å². The second kappa shape index (κ2) is 6.96. The van der Waals surface area contributed by atoms with Crippen molar-refractivity contribution in [2.75, 3.05) is 18.4 Å². The van der Waals surface area contributed by atoms with E-state index in [1.54, 1.807) is 0 Å². The molecule has 2 aromatic rings. The Morgan fingerprint density at radius 2 is 1.91 bits per heavy atom. The lowest BCUT2D eigenvalue weighted by atomic mass is 10.1. The van der Waals surface area contributed by atoms with Gasteiger partial charge in [-0.05, 0) is 29.8 Å². The molecular formula is C18H19N3O2. The van der Waals surface area contributed by atoms with Gasteiger partial charge in [-0.2, -0.15) is 0 Å². The molecule has 0 saturated heterocycles. The summed E-state index contributed by atoms with van der Waals surface area (Å²) in [7, 11) is 0. The predicted molar refractivity (Wildman–Crippen MR) is 90.9 cm³/mol. The number of ether oxygens (including phenoxy) is 1. The number of anilines is 1. The molecule has 1 aliphatic rings. The number of rotatable bonds is 5. The van der Waals surface area contributed by atoms with E-state index in [2.05, 4.69) is 27.8 Å². The number of hydrogen-bond acceptors (Lipinski definition) is 4. The molecule has 118 valence electrons. The second-order valence-electron chi connectivity index (χ2n) is 5.35. The summed E-state index contributed by atoms with van der Waals surface area (Å²) in [6.45, 7) is 3.74. The quantitative estimate of drug-likeness (QED) is 0.892. The van der Waals surface area contributed by atoms with E-state index in [-0.39, 0.29) is 5.91 Å². The zero-order chi connectivity index (χ0) is 16.1. The van der Waals surface area contributed by atoms with Crippen LogP contribution in [0.3, 0.4) is 0 Å². The first-order valence-corrected chi connectivity index (χ1v) is 7.59. The Morgan fingerprint density at radius 3 is 2.52 bits per heavy atom. The Morgan fingerprint density at radius 1 is 1.17 bits per heavy atom. The van der Waals surface area contributed by atoms with E-state index in [1.165, 1.54) is 6.92 Å². The zero-order valence-electron chi connectivity index (χ0n) is 13.0. The molecule has 1 aliphatic heterocycles. The molecular weight excluding hydrogens is 290 g/mol. The van der Waals surface area contributed by atoms with Gasteiger partial charge in [0.25, 0.3) is 0 Å². The monoisotopic (exact) mass is 309 g/mol. The van der Waals surface area contributed by atoms with E-state index in [0.29, 0.717) is 6.61 Å². The van der Waals surface area contributed by atoms with Crippen LogP contribution in [-0.4, -0.2) is 24.8 Å². The number of nitrogens with one attached hydrogen (secondary N) is 2. The summed E-state index contributed by atoms with van der Waals surface area (Å²) in [6, 6.07) is 15.5. The van der Waals surface area contributed by atoms with Crippen LogP contribution in [0.1, 0.15) is 18.1 Å². The lowest BCUT2D eigenvalue weighted by molar-refractivity contribution is -0.114. The summed E-state index contributed by atoms with van der Waals surface area (Å²) in [5.74, 6) is 1.65. The number of carbonyl (C=O) groups is 1. The smallest absolute Gasteiger partial charge is 0.221 e. The minimum atomic E-state index is -0.0832. The highest BCUT2D eigenvalue weighted by atomic mass is 16.5. The number of benzene rings is 2. The Labute approximate surface area is 135 Å². The third kappa shape index (κ3) is 4.10. The number of amides is 1. The minimum absolute atomic E-state index is 0.0832. The maximum Gasteiger partial charge on any atom is 0.221 e. The van der Waals surface area contributed by atoms with Gasteiger partial charge in [0.1, 0.15) is 18.2 Å². The first-order chi connectivity index (χ1) is 11.2. The highest BCUT2D eigenvalue weighted by molar-refractivity contribution is 5.99. The van der Waals surface area contributed by atoms with Crippen LogP contribution in [0.15, 0.2) is 53.5 Å². The normalized spacial score (nSPS) is 13.2. The van der Waals surface area contributed by atoms with Crippen molar-refractivity contribution in [2.45, 2.75) is 13.5 Å². The molecule has 0 unspecified atom stereocenters. The minimum Gasteiger partial charge on any atom is -0.489 e. The van der Waals surface area contributed by atoms with E-state index in [1.807, 2.05) is 36.4 Å². The summed E-state index contributed by atoms with van der Waals surface area (Å²) in [4.78, 5) is 15.4. The third-order valence-corrected chi connectivity index (χ3v) is 3.48. The SMILES string of the molecule is CC(=O)Nc1ccc(OCc2ccc(C3=NCCN3)cc2)cc1. The molecule has 0 aliphatic carbocycles. The number of hydrogen-bond donors (Lipinski definition) is 2. The Bertz CT molecular complexity index is 706. The van der Waals surface area contributed by atoms with Gasteiger partial charge in [-0.3, -0.25) is 9.79 Å². The largest absolute Gasteiger partial charge is 0.489 e. The first kappa shape index (κ1) is 15.1. The Balaban J connectivity index is 1.56. The fraction of sp³-hybridized carbons (Fsp3) is 0.222. The van der Waals surface area contributed by atoms with Gasteiger partial charge in [0, 0.05) is 24.7 Å². The van der Waals surface area contributed by atoms with Crippen molar-refractivity contribution < 1.29 is 9.53 Å². The van der Waals surface area contributed by atoms with Crippen LogP contribution < -0.4 is 15.4 Å². The molecule has 3 rings (SSSR count). The molecule has 0 atom stereocenters. The molecule has 0 spiro atoms. The summed E-state index contributed by atoms with van der Waals surface area (Å²) in [6.07, 6.45) is 0. The van der Waals surface area contributed by atoms with Crippen molar-refractivity contribution in [3.05, 3.63) is 59.7 Å². The van der Waals surface area contributed by atoms with Gasteiger partial charge in [-0.1, -0.05) is 24.3 Å². The molecule has 0 radical (unpaired) electrons. The standard InChI is InChI=1S/C18H19N3O2/c1-13(22)21-16-6-8-17(9-7-16)23-12-14-2-4-15(5-3-14)18-19-10-11-20-18/h2-9H,10-12H2,1H3,(H,19,20)(H,21,22). The molecule has 5 nitrogen and oxygen atoms in total. The summed E-state index contributed by atoms with van der Waals surface area (Å²) >= 11 is 0. The molecule has 0 aromatic heterocycles. The molecule has 2 aromatic carbocycles. The fourth-order valence-electron chi connectivity index (χ4n) is 2.35. The summed E-state index contributed by atoms with van der Waals surface area (Å²) in [5.41, 5.74) is 2.96. The number of amidine groups is 1. The molecule has 5 heteroatoms. The van der Waals surface area contributed by atoms with E-state index in [9.17, 15) is 4.79 Å². The number of aliphatic imine (C=N–C) groups is 1. The summed E-state index contributed by atoms with van der Waals surface area (Å²) in [5, 5.41) is 5.98. The zero-order valence-corrected chi connectivity index (χ0v) is 13.0. The highest BCUT2D eigenvalue weighted by Gasteiger charge is 2.07.